The van der Waals surface area contributed by atoms with Crippen molar-refractivity contribution in [3.63, 3.8) is 0 Å². The number of aromatic amines is 1. The molecule has 0 aliphatic heterocycles. The van der Waals surface area contributed by atoms with Gasteiger partial charge in [-0.1, -0.05) is 24.3 Å². The van der Waals surface area contributed by atoms with Crippen molar-refractivity contribution in [3.8, 4) is 22.5 Å². The second kappa shape index (κ2) is 4.03. The summed E-state index contributed by atoms with van der Waals surface area (Å²) in [6.45, 7) is 0. The summed E-state index contributed by atoms with van der Waals surface area (Å²) in [6.07, 6.45) is 5.44. The van der Waals surface area contributed by atoms with Gasteiger partial charge in [-0.15, -0.1) is 0 Å². The molecule has 0 saturated heterocycles. The molecule has 0 radical (unpaired) electrons. The van der Waals surface area contributed by atoms with Crippen LogP contribution in [-0.2, 0) is 7.05 Å². The number of hydrogen-bond donors (Lipinski definition) is 2. The first-order valence-corrected chi connectivity index (χ1v) is 5.62. The SMILES string of the molecule is Cn1ccnc1-c1ccc(-c2cn[nH]c2N)cc1. The van der Waals surface area contributed by atoms with Crippen molar-refractivity contribution in [2.24, 2.45) is 7.05 Å². The number of imidazole rings is 1. The van der Waals surface area contributed by atoms with Crippen molar-refractivity contribution in [1.82, 2.24) is 19.7 Å². The lowest BCUT2D eigenvalue weighted by atomic mass is 10.1. The van der Waals surface area contributed by atoms with Gasteiger partial charge in [-0.05, 0) is 5.56 Å². The zero-order valence-electron chi connectivity index (χ0n) is 9.96. The number of nitrogens with two attached hydrogens (primary N) is 1. The van der Waals surface area contributed by atoms with E-state index in [1.807, 2.05) is 42.1 Å². The number of aromatic nitrogens is 4. The molecule has 0 saturated carbocycles. The van der Waals surface area contributed by atoms with Crippen LogP contribution in [0, 0.1) is 0 Å². The smallest absolute Gasteiger partial charge is 0.139 e. The van der Waals surface area contributed by atoms with E-state index in [0.29, 0.717) is 5.82 Å². The molecule has 5 nitrogen and oxygen atoms in total. The fourth-order valence-corrected chi connectivity index (χ4v) is 1.97. The summed E-state index contributed by atoms with van der Waals surface area (Å²) >= 11 is 0. The number of aryl methyl sites for hydroxylation is 1. The Kier molecular flexibility index (Phi) is 2.37. The Morgan fingerprint density at radius 2 is 1.89 bits per heavy atom. The largest absolute Gasteiger partial charge is 0.384 e. The van der Waals surface area contributed by atoms with E-state index in [4.69, 9.17) is 5.73 Å². The maximum absolute atomic E-state index is 5.79. The monoisotopic (exact) mass is 239 g/mol. The number of rotatable bonds is 2. The first kappa shape index (κ1) is 10.6. The molecule has 0 aliphatic rings. The van der Waals surface area contributed by atoms with E-state index in [1.54, 1.807) is 12.4 Å². The quantitative estimate of drug-likeness (QED) is 0.719. The molecule has 0 unspecified atom stereocenters. The van der Waals surface area contributed by atoms with Crippen molar-refractivity contribution in [2.75, 3.05) is 5.73 Å². The minimum atomic E-state index is 0.583. The lowest BCUT2D eigenvalue weighted by Crippen LogP contribution is -1.91. The van der Waals surface area contributed by atoms with Crippen LogP contribution in [0.3, 0.4) is 0 Å². The Morgan fingerprint density at radius 1 is 1.17 bits per heavy atom. The van der Waals surface area contributed by atoms with Gasteiger partial charge < -0.3 is 10.3 Å². The minimum Gasteiger partial charge on any atom is -0.384 e. The van der Waals surface area contributed by atoms with E-state index in [2.05, 4.69) is 15.2 Å². The first-order chi connectivity index (χ1) is 8.75. The topological polar surface area (TPSA) is 72.5 Å². The van der Waals surface area contributed by atoms with Gasteiger partial charge in [0.15, 0.2) is 0 Å². The van der Waals surface area contributed by atoms with Crippen LogP contribution >= 0.6 is 0 Å². The molecule has 3 aromatic rings. The molecule has 2 heterocycles. The summed E-state index contributed by atoms with van der Waals surface area (Å²) < 4.78 is 1.99. The van der Waals surface area contributed by atoms with Crippen molar-refractivity contribution in [2.45, 2.75) is 0 Å². The lowest BCUT2D eigenvalue weighted by Gasteiger charge is -2.03. The number of nitrogens with zero attached hydrogens (tertiary/aromatic N) is 3. The van der Waals surface area contributed by atoms with Crippen LogP contribution in [0.15, 0.2) is 42.9 Å². The number of nitrogen functional groups attached to an aromatic ring is 1. The highest BCUT2D eigenvalue weighted by molar-refractivity contribution is 5.74. The van der Waals surface area contributed by atoms with E-state index in [1.165, 1.54) is 0 Å². The van der Waals surface area contributed by atoms with Crippen LogP contribution in [0.1, 0.15) is 0 Å². The maximum Gasteiger partial charge on any atom is 0.139 e. The summed E-state index contributed by atoms with van der Waals surface area (Å²) in [5.74, 6) is 1.53. The maximum atomic E-state index is 5.79. The summed E-state index contributed by atoms with van der Waals surface area (Å²) in [7, 11) is 1.98. The highest BCUT2D eigenvalue weighted by atomic mass is 15.1. The standard InChI is InChI=1S/C13H13N5/c1-18-7-6-15-13(18)10-4-2-9(3-5-10)11-8-16-17-12(11)14/h2-8H,1H3,(H3,14,16,17). The lowest BCUT2D eigenvalue weighted by molar-refractivity contribution is 0.925. The highest BCUT2D eigenvalue weighted by Crippen LogP contribution is 2.26. The molecule has 90 valence electrons. The van der Waals surface area contributed by atoms with Gasteiger partial charge in [-0.25, -0.2) is 4.98 Å². The van der Waals surface area contributed by atoms with Crippen molar-refractivity contribution < 1.29 is 0 Å². The van der Waals surface area contributed by atoms with E-state index in [9.17, 15) is 0 Å². The van der Waals surface area contributed by atoms with Crippen LogP contribution in [0.4, 0.5) is 5.82 Å². The van der Waals surface area contributed by atoms with Crippen molar-refractivity contribution >= 4 is 5.82 Å². The average molecular weight is 239 g/mol. The molecule has 0 fully saturated rings. The predicted molar refractivity (Wildman–Crippen MR) is 70.6 cm³/mol. The zero-order chi connectivity index (χ0) is 12.5. The molecule has 5 heteroatoms. The van der Waals surface area contributed by atoms with Crippen LogP contribution in [0.5, 0.6) is 0 Å². The molecule has 0 spiro atoms. The van der Waals surface area contributed by atoms with Crippen molar-refractivity contribution in [1.29, 1.82) is 0 Å². The van der Waals surface area contributed by atoms with Gasteiger partial charge in [-0.2, -0.15) is 5.10 Å². The third-order valence-electron chi connectivity index (χ3n) is 2.94. The molecule has 1 aromatic carbocycles. The Morgan fingerprint density at radius 3 is 2.44 bits per heavy atom. The van der Waals surface area contributed by atoms with Gasteiger partial charge in [0.1, 0.15) is 11.6 Å². The summed E-state index contributed by atoms with van der Waals surface area (Å²) in [4.78, 5) is 4.32. The molecular formula is C13H13N5. The molecule has 0 amide bonds. The number of H-pyrrole nitrogens is 1. The van der Waals surface area contributed by atoms with E-state index in [0.717, 1.165) is 22.5 Å². The number of anilines is 1. The molecular weight excluding hydrogens is 226 g/mol. The summed E-state index contributed by atoms with van der Waals surface area (Å²) in [5, 5.41) is 6.65. The zero-order valence-corrected chi connectivity index (χ0v) is 9.96. The highest BCUT2D eigenvalue weighted by Gasteiger charge is 2.06. The second-order valence-electron chi connectivity index (χ2n) is 4.14. The number of nitrogens with one attached hydrogen (secondary N) is 1. The fraction of sp³-hybridized carbons (Fsp3) is 0.0769. The molecule has 3 rings (SSSR count). The number of benzene rings is 1. The summed E-state index contributed by atoms with van der Waals surface area (Å²) in [6, 6.07) is 8.10. The fourth-order valence-electron chi connectivity index (χ4n) is 1.97. The van der Waals surface area contributed by atoms with Gasteiger partial charge in [0.05, 0.1) is 6.20 Å². The third kappa shape index (κ3) is 1.66. The van der Waals surface area contributed by atoms with Crippen LogP contribution < -0.4 is 5.73 Å². The molecule has 0 bridgehead atoms. The van der Waals surface area contributed by atoms with Crippen molar-refractivity contribution in [3.05, 3.63) is 42.9 Å². The Bertz CT molecular complexity index is 604. The Labute approximate surface area is 104 Å². The Balaban J connectivity index is 2.00. The average Bonchev–Trinajstić information content (AvgIpc) is 2.98. The van der Waals surface area contributed by atoms with E-state index < -0.39 is 0 Å². The van der Waals surface area contributed by atoms with Crippen LogP contribution in [-0.4, -0.2) is 19.7 Å². The second-order valence-corrected chi connectivity index (χ2v) is 4.14. The minimum absolute atomic E-state index is 0.583. The molecule has 0 aliphatic carbocycles. The molecule has 2 aromatic heterocycles. The first-order valence-electron chi connectivity index (χ1n) is 5.62. The van der Waals surface area contributed by atoms with Gasteiger partial charge in [0.25, 0.3) is 0 Å². The normalized spacial score (nSPS) is 10.7. The Hall–Kier alpha value is -2.56. The summed E-state index contributed by atoms with van der Waals surface area (Å²) in [5.41, 5.74) is 8.83. The van der Waals surface area contributed by atoms with Gasteiger partial charge in [0.2, 0.25) is 0 Å². The van der Waals surface area contributed by atoms with E-state index in [-0.39, 0.29) is 0 Å². The van der Waals surface area contributed by atoms with Gasteiger partial charge in [0, 0.05) is 30.6 Å². The molecule has 18 heavy (non-hydrogen) atoms. The van der Waals surface area contributed by atoms with Gasteiger partial charge in [-0.3, -0.25) is 5.10 Å². The van der Waals surface area contributed by atoms with Gasteiger partial charge >= 0.3 is 0 Å². The third-order valence-corrected chi connectivity index (χ3v) is 2.94. The molecule has 0 atom stereocenters. The number of hydrogen-bond acceptors (Lipinski definition) is 3. The van der Waals surface area contributed by atoms with E-state index >= 15 is 0 Å². The predicted octanol–water partition coefficient (Wildman–Crippen LogP) is 2.06. The van der Waals surface area contributed by atoms with Crippen LogP contribution in [0.25, 0.3) is 22.5 Å². The molecule has 3 N–H and O–H groups in total. The van der Waals surface area contributed by atoms with Crippen LogP contribution in [0.2, 0.25) is 0 Å².